The lowest BCUT2D eigenvalue weighted by atomic mass is 9.96. The van der Waals surface area contributed by atoms with Gasteiger partial charge in [-0.2, -0.15) is 0 Å². The number of carbonyl (C=O) groups is 1. The minimum Gasteiger partial charge on any atom is -0.396 e. The first-order chi connectivity index (χ1) is 9.29. The van der Waals surface area contributed by atoms with E-state index < -0.39 is 0 Å². The fourth-order valence-corrected chi connectivity index (χ4v) is 5.65. The first-order valence-electron chi connectivity index (χ1n) is 8.18. The highest BCUT2D eigenvalue weighted by molar-refractivity contribution is 5.82. The van der Waals surface area contributed by atoms with Gasteiger partial charge in [0.05, 0.1) is 0 Å². The standard InChI is InChI=1S/C16H25NO2/c18-8-12-3-1-2-11(12)7-17-16(19)15-13-9-4-5-10(6-9)14(13)15/h9-15,18H,1-8H2,(H,17,19). The predicted octanol–water partition coefficient (Wildman–Crippen LogP) is 1.80. The van der Waals surface area contributed by atoms with E-state index in [9.17, 15) is 9.90 Å². The number of amides is 1. The molecule has 6 unspecified atom stereocenters. The fraction of sp³-hybridized carbons (Fsp3) is 0.938. The predicted molar refractivity (Wildman–Crippen MR) is 72.2 cm³/mol. The van der Waals surface area contributed by atoms with Crippen LogP contribution in [0.25, 0.3) is 0 Å². The molecule has 0 saturated heterocycles. The Morgan fingerprint density at radius 3 is 2.42 bits per heavy atom. The van der Waals surface area contributed by atoms with Crippen LogP contribution >= 0.6 is 0 Å². The minimum absolute atomic E-state index is 0.291. The van der Waals surface area contributed by atoms with E-state index in [1.807, 2.05) is 0 Å². The van der Waals surface area contributed by atoms with E-state index in [4.69, 9.17) is 0 Å². The van der Waals surface area contributed by atoms with Gasteiger partial charge in [0.25, 0.3) is 0 Å². The average molecular weight is 263 g/mol. The molecule has 3 heteroatoms. The molecule has 4 fully saturated rings. The summed E-state index contributed by atoms with van der Waals surface area (Å²) in [6.07, 6.45) is 7.69. The minimum atomic E-state index is 0.291. The van der Waals surface area contributed by atoms with Gasteiger partial charge in [-0.1, -0.05) is 6.42 Å². The van der Waals surface area contributed by atoms with Gasteiger partial charge < -0.3 is 10.4 Å². The van der Waals surface area contributed by atoms with Crippen molar-refractivity contribution in [2.75, 3.05) is 13.2 Å². The summed E-state index contributed by atoms with van der Waals surface area (Å²) in [7, 11) is 0. The molecule has 106 valence electrons. The smallest absolute Gasteiger partial charge is 0.223 e. The summed E-state index contributed by atoms with van der Waals surface area (Å²) in [5, 5.41) is 12.5. The second-order valence-corrected chi connectivity index (χ2v) is 7.39. The largest absolute Gasteiger partial charge is 0.396 e. The van der Waals surface area contributed by atoms with Crippen LogP contribution in [-0.2, 0) is 4.79 Å². The molecule has 0 aliphatic heterocycles. The Kier molecular flexibility index (Phi) is 2.87. The first-order valence-corrected chi connectivity index (χ1v) is 8.18. The van der Waals surface area contributed by atoms with Crippen LogP contribution in [0.1, 0.15) is 38.5 Å². The van der Waals surface area contributed by atoms with Crippen molar-refractivity contribution < 1.29 is 9.90 Å². The Morgan fingerprint density at radius 1 is 1.05 bits per heavy atom. The van der Waals surface area contributed by atoms with E-state index >= 15 is 0 Å². The van der Waals surface area contributed by atoms with Gasteiger partial charge in [0.2, 0.25) is 5.91 Å². The SMILES string of the molecule is O=C(NCC1CCCC1CO)C1C2C3CCC(C3)C12. The van der Waals surface area contributed by atoms with Crippen molar-refractivity contribution in [1.82, 2.24) is 5.32 Å². The molecule has 4 rings (SSSR count). The molecule has 4 aliphatic rings. The second kappa shape index (κ2) is 4.47. The number of aliphatic hydroxyl groups is 1. The number of hydrogen-bond acceptors (Lipinski definition) is 2. The van der Waals surface area contributed by atoms with Crippen molar-refractivity contribution in [2.45, 2.75) is 38.5 Å². The molecule has 0 spiro atoms. The lowest BCUT2D eigenvalue weighted by Crippen LogP contribution is -2.34. The van der Waals surface area contributed by atoms with Crippen molar-refractivity contribution in [2.24, 2.45) is 41.4 Å². The van der Waals surface area contributed by atoms with E-state index in [1.54, 1.807) is 0 Å². The summed E-state index contributed by atoms with van der Waals surface area (Å²) >= 11 is 0. The molecule has 0 aromatic rings. The summed E-state index contributed by atoms with van der Waals surface area (Å²) in [6, 6.07) is 0. The maximum absolute atomic E-state index is 12.3. The Hall–Kier alpha value is -0.570. The third-order valence-electron chi connectivity index (χ3n) is 6.63. The summed E-state index contributed by atoms with van der Waals surface area (Å²) in [5.41, 5.74) is 0. The second-order valence-electron chi connectivity index (χ2n) is 7.39. The average Bonchev–Trinajstić information content (AvgIpc) is 2.82. The van der Waals surface area contributed by atoms with Crippen molar-refractivity contribution >= 4 is 5.91 Å². The van der Waals surface area contributed by atoms with Crippen molar-refractivity contribution in [3.05, 3.63) is 0 Å². The molecule has 2 N–H and O–H groups in total. The molecule has 2 bridgehead atoms. The topological polar surface area (TPSA) is 49.3 Å². The molecule has 0 aromatic heterocycles. The molecular formula is C16H25NO2. The van der Waals surface area contributed by atoms with E-state index in [0.29, 0.717) is 30.3 Å². The Morgan fingerprint density at radius 2 is 1.74 bits per heavy atom. The number of fused-ring (bicyclic) bond motifs is 5. The first kappa shape index (κ1) is 12.2. The molecule has 0 heterocycles. The quantitative estimate of drug-likeness (QED) is 0.812. The molecule has 0 aromatic carbocycles. The summed E-state index contributed by atoms with van der Waals surface area (Å²) in [5.74, 6) is 4.88. The van der Waals surface area contributed by atoms with Crippen LogP contribution in [0.5, 0.6) is 0 Å². The van der Waals surface area contributed by atoms with E-state index in [0.717, 1.165) is 36.6 Å². The summed E-state index contributed by atoms with van der Waals surface area (Å²) in [6.45, 7) is 1.09. The molecule has 4 aliphatic carbocycles. The lowest BCUT2D eigenvalue weighted by Gasteiger charge is -2.18. The van der Waals surface area contributed by atoms with Crippen LogP contribution in [0.2, 0.25) is 0 Å². The van der Waals surface area contributed by atoms with Gasteiger partial charge in [-0.15, -0.1) is 0 Å². The highest BCUT2D eigenvalue weighted by Gasteiger charge is 2.67. The molecular weight excluding hydrogens is 238 g/mol. The maximum atomic E-state index is 12.3. The number of rotatable bonds is 4. The van der Waals surface area contributed by atoms with Crippen LogP contribution in [0, 0.1) is 41.4 Å². The van der Waals surface area contributed by atoms with Crippen LogP contribution < -0.4 is 5.32 Å². The highest BCUT2D eigenvalue weighted by Crippen LogP contribution is 2.69. The monoisotopic (exact) mass is 263 g/mol. The number of carbonyl (C=O) groups excluding carboxylic acids is 1. The van der Waals surface area contributed by atoms with Crippen molar-refractivity contribution in [3.63, 3.8) is 0 Å². The summed E-state index contributed by atoms with van der Waals surface area (Å²) < 4.78 is 0. The normalized spacial score (nSPS) is 50.3. The number of nitrogens with one attached hydrogen (secondary N) is 1. The third kappa shape index (κ3) is 1.84. The zero-order valence-electron chi connectivity index (χ0n) is 11.6. The fourth-order valence-electron chi connectivity index (χ4n) is 5.65. The Bertz CT molecular complexity index is 367. The van der Waals surface area contributed by atoms with Gasteiger partial charge in [-0.25, -0.2) is 0 Å². The molecule has 19 heavy (non-hydrogen) atoms. The van der Waals surface area contributed by atoms with E-state index in [2.05, 4.69) is 5.32 Å². The van der Waals surface area contributed by atoms with Crippen molar-refractivity contribution in [3.8, 4) is 0 Å². The maximum Gasteiger partial charge on any atom is 0.223 e. The van der Waals surface area contributed by atoms with Crippen LogP contribution in [0.15, 0.2) is 0 Å². The van der Waals surface area contributed by atoms with E-state index in [1.165, 1.54) is 32.1 Å². The molecule has 6 atom stereocenters. The zero-order valence-corrected chi connectivity index (χ0v) is 11.6. The molecule has 0 radical (unpaired) electrons. The Balaban J connectivity index is 1.29. The van der Waals surface area contributed by atoms with Gasteiger partial charge in [0, 0.05) is 19.1 Å². The van der Waals surface area contributed by atoms with Gasteiger partial charge in [0.15, 0.2) is 0 Å². The van der Waals surface area contributed by atoms with Gasteiger partial charge >= 0.3 is 0 Å². The number of hydrogen-bond donors (Lipinski definition) is 2. The molecule has 3 nitrogen and oxygen atoms in total. The van der Waals surface area contributed by atoms with Crippen LogP contribution in [0.4, 0.5) is 0 Å². The summed E-state index contributed by atoms with van der Waals surface area (Å²) in [4.78, 5) is 12.3. The third-order valence-corrected chi connectivity index (χ3v) is 6.63. The zero-order chi connectivity index (χ0) is 13.0. The van der Waals surface area contributed by atoms with Gasteiger partial charge in [-0.3, -0.25) is 4.79 Å². The van der Waals surface area contributed by atoms with Crippen LogP contribution in [0.3, 0.4) is 0 Å². The lowest BCUT2D eigenvalue weighted by molar-refractivity contribution is -0.123. The number of aliphatic hydroxyl groups excluding tert-OH is 1. The van der Waals surface area contributed by atoms with Crippen LogP contribution in [-0.4, -0.2) is 24.2 Å². The van der Waals surface area contributed by atoms with E-state index in [-0.39, 0.29) is 0 Å². The molecule has 4 saturated carbocycles. The Labute approximate surface area is 115 Å². The van der Waals surface area contributed by atoms with Crippen molar-refractivity contribution in [1.29, 1.82) is 0 Å². The molecule has 1 amide bonds. The van der Waals surface area contributed by atoms with Gasteiger partial charge in [0.1, 0.15) is 0 Å². The van der Waals surface area contributed by atoms with Gasteiger partial charge in [-0.05, 0) is 67.6 Å². The highest BCUT2D eigenvalue weighted by atomic mass is 16.3.